The number of nitrogen functional groups attached to an aromatic ring is 1. The van der Waals surface area contributed by atoms with E-state index < -0.39 is 5.54 Å². The lowest BCUT2D eigenvalue weighted by Crippen LogP contribution is -2.33. The third kappa shape index (κ3) is 3.72. The summed E-state index contributed by atoms with van der Waals surface area (Å²) in [5, 5.41) is 0. The zero-order valence-electron chi connectivity index (χ0n) is 12.1. The van der Waals surface area contributed by atoms with Gasteiger partial charge < -0.3 is 11.5 Å². The van der Waals surface area contributed by atoms with Crippen LogP contribution in [0.25, 0.3) is 0 Å². The van der Waals surface area contributed by atoms with Crippen LogP contribution in [0, 0.1) is 0 Å². The molecule has 0 saturated heterocycles. The van der Waals surface area contributed by atoms with Crippen LogP contribution in [0.1, 0.15) is 17.0 Å². The van der Waals surface area contributed by atoms with E-state index in [4.69, 9.17) is 11.5 Å². The van der Waals surface area contributed by atoms with Crippen molar-refractivity contribution in [3.05, 3.63) is 90.0 Å². The second kappa shape index (κ2) is 7.50. The Labute approximate surface area is 143 Å². The topological polar surface area (TPSA) is 52.0 Å². The van der Waals surface area contributed by atoms with Crippen molar-refractivity contribution in [2.45, 2.75) is 11.5 Å². The number of allylic oxidation sites excluding steroid dienone is 2. The maximum atomic E-state index is 6.45. The van der Waals surface area contributed by atoms with E-state index in [9.17, 15) is 0 Å². The van der Waals surface area contributed by atoms with Gasteiger partial charge in [-0.2, -0.15) is 0 Å². The first-order valence-electron chi connectivity index (χ1n) is 6.76. The van der Waals surface area contributed by atoms with Gasteiger partial charge in [-0.3, -0.25) is 0 Å². The third-order valence-electron chi connectivity index (χ3n) is 3.75. The largest absolute Gasteiger partial charge is 0.399 e. The molecular formula is C18H20Cl2N2. The average molecular weight is 335 g/mol. The predicted molar refractivity (Wildman–Crippen MR) is 98.7 cm³/mol. The molecule has 0 bridgehead atoms. The van der Waals surface area contributed by atoms with Crippen molar-refractivity contribution in [1.29, 1.82) is 0 Å². The van der Waals surface area contributed by atoms with Crippen LogP contribution in [0.3, 0.4) is 0 Å². The van der Waals surface area contributed by atoms with Crippen molar-refractivity contribution in [2.24, 2.45) is 5.73 Å². The zero-order chi connectivity index (χ0) is 14.0. The minimum atomic E-state index is -0.508. The number of hydrogen-bond donors (Lipinski definition) is 2. The highest BCUT2D eigenvalue weighted by atomic mass is 35.5. The summed E-state index contributed by atoms with van der Waals surface area (Å²) in [5.41, 5.74) is 14.8. The summed E-state index contributed by atoms with van der Waals surface area (Å²) in [5.74, 6) is 0.260. The SMILES string of the molecule is Cl.Cl.Nc1ccc(C2C=CC(N)(c3ccccc3)C=C2)cc1. The van der Waals surface area contributed by atoms with Crippen LogP contribution >= 0.6 is 24.8 Å². The molecule has 2 aromatic rings. The third-order valence-corrected chi connectivity index (χ3v) is 3.75. The fourth-order valence-corrected chi connectivity index (χ4v) is 2.51. The fourth-order valence-electron chi connectivity index (χ4n) is 2.51. The van der Waals surface area contributed by atoms with Gasteiger partial charge in [0, 0.05) is 11.6 Å². The van der Waals surface area contributed by atoms with Crippen molar-refractivity contribution in [2.75, 3.05) is 5.73 Å². The van der Waals surface area contributed by atoms with Gasteiger partial charge in [0.15, 0.2) is 0 Å². The lowest BCUT2D eigenvalue weighted by atomic mass is 9.82. The van der Waals surface area contributed by atoms with Crippen LogP contribution in [-0.2, 0) is 5.54 Å². The van der Waals surface area contributed by atoms with E-state index in [1.54, 1.807) is 0 Å². The van der Waals surface area contributed by atoms with Gasteiger partial charge in [0.25, 0.3) is 0 Å². The van der Waals surface area contributed by atoms with Crippen molar-refractivity contribution < 1.29 is 0 Å². The smallest absolute Gasteiger partial charge is 0.0783 e. The van der Waals surface area contributed by atoms with Crippen LogP contribution in [0.5, 0.6) is 0 Å². The Morgan fingerprint density at radius 1 is 0.773 bits per heavy atom. The van der Waals surface area contributed by atoms with E-state index in [-0.39, 0.29) is 30.7 Å². The van der Waals surface area contributed by atoms with E-state index in [2.05, 4.69) is 48.6 Å². The van der Waals surface area contributed by atoms with Crippen LogP contribution in [-0.4, -0.2) is 0 Å². The second-order valence-corrected chi connectivity index (χ2v) is 5.21. The van der Waals surface area contributed by atoms with Crippen LogP contribution in [0.2, 0.25) is 0 Å². The van der Waals surface area contributed by atoms with E-state index in [1.165, 1.54) is 5.56 Å². The number of benzene rings is 2. The van der Waals surface area contributed by atoms with Crippen molar-refractivity contribution in [3.63, 3.8) is 0 Å². The first-order chi connectivity index (χ1) is 9.67. The Morgan fingerprint density at radius 2 is 1.32 bits per heavy atom. The van der Waals surface area contributed by atoms with Gasteiger partial charge in [0.05, 0.1) is 5.54 Å². The molecule has 1 aliphatic rings. The summed E-state index contributed by atoms with van der Waals surface area (Å²) in [6, 6.07) is 18.1. The number of nitrogens with two attached hydrogens (primary N) is 2. The second-order valence-electron chi connectivity index (χ2n) is 5.21. The predicted octanol–water partition coefficient (Wildman–Crippen LogP) is 4.18. The number of halogens is 2. The minimum absolute atomic E-state index is 0. The summed E-state index contributed by atoms with van der Waals surface area (Å²) < 4.78 is 0. The Kier molecular flexibility index (Phi) is 6.24. The molecule has 0 atom stereocenters. The normalized spacial score (nSPS) is 22.5. The summed E-state index contributed by atoms with van der Waals surface area (Å²) in [6.45, 7) is 0. The van der Waals surface area contributed by atoms with Gasteiger partial charge in [-0.1, -0.05) is 66.8 Å². The monoisotopic (exact) mass is 334 g/mol. The Balaban J connectivity index is 0.00000121. The fraction of sp³-hybridized carbons (Fsp3) is 0.111. The highest BCUT2D eigenvalue weighted by Crippen LogP contribution is 2.31. The molecule has 4 heteroatoms. The summed E-state index contributed by atoms with van der Waals surface area (Å²) >= 11 is 0. The molecule has 2 nitrogen and oxygen atoms in total. The number of hydrogen-bond acceptors (Lipinski definition) is 2. The van der Waals surface area contributed by atoms with Gasteiger partial charge in [0.1, 0.15) is 0 Å². The van der Waals surface area contributed by atoms with Gasteiger partial charge in [-0.05, 0) is 23.3 Å². The number of anilines is 1. The summed E-state index contributed by atoms with van der Waals surface area (Å²) in [4.78, 5) is 0. The molecule has 0 spiro atoms. The molecule has 3 rings (SSSR count). The molecule has 0 heterocycles. The molecule has 0 unspecified atom stereocenters. The molecule has 4 N–H and O–H groups in total. The molecule has 0 aromatic heterocycles. The van der Waals surface area contributed by atoms with Crippen LogP contribution < -0.4 is 11.5 Å². The van der Waals surface area contributed by atoms with Crippen molar-refractivity contribution in [3.8, 4) is 0 Å². The van der Waals surface area contributed by atoms with E-state index >= 15 is 0 Å². The summed E-state index contributed by atoms with van der Waals surface area (Å²) in [7, 11) is 0. The molecule has 1 aliphatic carbocycles. The lowest BCUT2D eigenvalue weighted by Gasteiger charge is -2.27. The molecule has 0 saturated carbocycles. The molecule has 0 amide bonds. The van der Waals surface area contributed by atoms with Gasteiger partial charge >= 0.3 is 0 Å². The minimum Gasteiger partial charge on any atom is -0.399 e. The van der Waals surface area contributed by atoms with Gasteiger partial charge in [-0.15, -0.1) is 24.8 Å². The number of rotatable bonds is 2. The average Bonchev–Trinajstić information content (AvgIpc) is 2.50. The quantitative estimate of drug-likeness (QED) is 0.639. The standard InChI is InChI=1S/C18H18N2.2ClH/c19-17-8-6-14(7-9-17)15-10-12-18(20,13-11-15)16-4-2-1-3-5-16;;/h1-13,15H,19-20H2;2*1H. The lowest BCUT2D eigenvalue weighted by molar-refractivity contribution is 0.690. The summed E-state index contributed by atoms with van der Waals surface area (Å²) in [6.07, 6.45) is 8.45. The van der Waals surface area contributed by atoms with Crippen LogP contribution in [0.15, 0.2) is 78.9 Å². The molecule has 0 fully saturated rings. The molecule has 0 radical (unpaired) electrons. The van der Waals surface area contributed by atoms with Crippen LogP contribution in [0.4, 0.5) is 5.69 Å². The maximum absolute atomic E-state index is 6.45. The molecule has 22 heavy (non-hydrogen) atoms. The van der Waals surface area contributed by atoms with Gasteiger partial charge in [0.2, 0.25) is 0 Å². The molecule has 2 aromatic carbocycles. The zero-order valence-corrected chi connectivity index (χ0v) is 13.7. The molecule has 116 valence electrons. The first-order valence-corrected chi connectivity index (χ1v) is 6.76. The molecule has 0 aliphatic heterocycles. The van der Waals surface area contributed by atoms with E-state index in [1.807, 2.05) is 30.3 Å². The maximum Gasteiger partial charge on any atom is 0.0783 e. The first kappa shape index (κ1) is 18.3. The Morgan fingerprint density at radius 3 is 1.86 bits per heavy atom. The highest BCUT2D eigenvalue weighted by molar-refractivity contribution is 5.85. The van der Waals surface area contributed by atoms with Gasteiger partial charge in [-0.25, -0.2) is 0 Å². The Bertz CT molecular complexity index is 635. The molecular weight excluding hydrogens is 315 g/mol. The van der Waals surface area contributed by atoms with Crippen molar-refractivity contribution >= 4 is 30.5 Å². The van der Waals surface area contributed by atoms with Crippen molar-refractivity contribution in [1.82, 2.24) is 0 Å². The van der Waals surface area contributed by atoms with E-state index in [0.29, 0.717) is 0 Å². The highest BCUT2D eigenvalue weighted by Gasteiger charge is 2.24. The Hall–Kier alpha value is -1.74. The van der Waals surface area contributed by atoms with E-state index in [0.717, 1.165) is 11.3 Å².